The summed E-state index contributed by atoms with van der Waals surface area (Å²) in [7, 11) is 2.05. The van der Waals surface area contributed by atoms with Crippen molar-refractivity contribution >= 4 is 0 Å². The highest BCUT2D eigenvalue weighted by Gasteiger charge is 2.37. The van der Waals surface area contributed by atoms with Gasteiger partial charge in [0.25, 0.3) is 0 Å². The second kappa shape index (κ2) is 34.7. The van der Waals surface area contributed by atoms with E-state index in [2.05, 4.69) is 67.8 Å². The lowest BCUT2D eigenvalue weighted by Gasteiger charge is -2.42. The predicted molar refractivity (Wildman–Crippen MR) is 209 cm³/mol. The van der Waals surface area contributed by atoms with Gasteiger partial charge in [-0.2, -0.15) is 0 Å². The Hall–Kier alpha value is -1.16. The Morgan fingerprint density at radius 3 is 1.40 bits per heavy atom. The van der Waals surface area contributed by atoms with Gasteiger partial charge in [-0.3, -0.25) is 0 Å². The third-order valence-corrected chi connectivity index (χ3v) is 9.66. The number of ether oxygens (including phenoxy) is 2. The molecule has 1 unspecified atom stereocenters. The topological polar surface area (TPSA) is 30.5 Å². The van der Waals surface area contributed by atoms with Crippen LogP contribution in [0.25, 0.3) is 0 Å². The van der Waals surface area contributed by atoms with Crippen molar-refractivity contribution in [2.45, 2.75) is 212 Å². The van der Waals surface area contributed by atoms with Gasteiger partial charge in [0, 0.05) is 12.8 Å². The van der Waals surface area contributed by atoms with Crippen LogP contribution in [0.1, 0.15) is 200 Å². The zero-order valence-electron chi connectivity index (χ0n) is 31.9. The summed E-state index contributed by atoms with van der Waals surface area (Å²) in [5, 5.41) is 3.30. The highest BCUT2D eigenvalue weighted by Crippen LogP contribution is 2.35. The molecule has 0 aromatic rings. The monoisotopic (exact) mass is 656 g/mol. The van der Waals surface area contributed by atoms with Crippen LogP contribution >= 0.6 is 0 Å². The van der Waals surface area contributed by atoms with E-state index in [9.17, 15) is 0 Å². The number of nitrogens with one attached hydrogen (secondary N) is 1. The van der Waals surface area contributed by atoms with E-state index in [-0.39, 0.29) is 5.79 Å². The molecule has 0 aliphatic carbocycles. The van der Waals surface area contributed by atoms with Crippen molar-refractivity contribution in [1.29, 1.82) is 0 Å². The molecule has 1 heterocycles. The summed E-state index contributed by atoms with van der Waals surface area (Å²) in [4.78, 5) is 0. The first-order chi connectivity index (χ1) is 23.3. The van der Waals surface area contributed by atoms with Gasteiger partial charge >= 0.3 is 0 Å². The second-order valence-corrected chi connectivity index (χ2v) is 14.2. The molecule has 1 aliphatic heterocycles. The van der Waals surface area contributed by atoms with Crippen LogP contribution in [0.15, 0.2) is 48.6 Å². The molecular weight excluding hydrogens is 574 g/mol. The van der Waals surface area contributed by atoms with Crippen molar-refractivity contribution < 1.29 is 9.47 Å². The van der Waals surface area contributed by atoms with Crippen LogP contribution in [0, 0.1) is 0 Å². The molecule has 47 heavy (non-hydrogen) atoms. The molecule has 0 aromatic carbocycles. The van der Waals surface area contributed by atoms with E-state index in [0.717, 1.165) is 51.7 Å². The van der Waals surface area contributed by atoms with Crippen molar-refractivity contribution in [1.82, 2.24) is 5.32 Å². The molecule has 1 atom stereocenters. The first kappa shape index (κ1) is 43.9. The fraction of sp³-hybridized carbons (Fsp3) is 0.818. The smallest absolute Gasteiger partial charge is 0.168 e. The van der Waals surface area contributed by atoms with Gasteiger partial charge in [-0.05, 0) is 110 Å². The summed E-state index contributed by atoms with van der Waals surface area (Å²) in [5.74, 6) is -0.326. The van der Waals surface area contributed by atoms with Gasteiger partial charge in [0.1, 0.15) is 0 Å². The number of hydrogen-bond donors (Lipinski definition) is 1. The normalized spacial score (nSPS) is 17.0. The SMILES string of the molecule is CCCCC/C=C\C/C=C\CCCCCCCCC1(CCCCCCCC/C=C\C/C=C\CCCCC)OCCC(CCCNC)O1. The van der Waals surface area contributed by atoms with E-state index in [1.165, 1.54) is 148 Å². The Morgan fingerprint density at radius 2 is 0.957 bits per heavy atom. The molecule has 0 spiro atoms. The number of allylic oxidation sites excluding steroid dienone is 8. The molecule has 274 valence electrons. The van der Waals surface area contributed by atoms with Crippen LogP contribution in [0.4, 0.5) is 0 Å². The van der Waals surface area contributed by atoms with Crippen molar-refractivity contribution in [2.75, 3.05) is 20.2 Å². The Kier molecular flexibility index (Phi) is 32.4. The van der Waals surface area contributed by atoms with Crippen molar-refractivity contribution in [2.24, 2.45) is 0 Å². The van der Waals surface area contributed by atoms with E-state index >= 15 is 0 Å². The van der Waals surface area contributed by atoms with Crippen LogP contribution in [0.5, 0.6) is 0 Å². The molecule has 1 fully saturated rings. The maximum Gasteiger partial charge on any atom is 0.168 e. The molecule has 0 radical (unpaired) electrons. The summed E-state index contributed by atoms with van der Waals surface area (Å²) in [6.45, 7) is 6.49. The van der Waals surface area contributed by atoms with Crippen LogP contribution < -0.4 is 5.32 Å². The van der Waals surface area contributed by atoms with Crippen LogP contribution in [-0.4, -0.2) is 32.1 Å². The van der Waals surface area contributed by atoms with E-state index < -0.39 is 0 Å². The third kappa shape index (κ3) is 28.4. The minimum Gasteiger partial charge on any atom is -0.350 e. The molecule has 1 rings (SSSR count). The summed E-state index contributed by atoms with van der Waals surface area (Å²) >= 11 is 0. The van der Waals surface area contributed by atoms with Crippen LogP contribution in [0.3, 0.4) is 0 Å². The largest absolute Gasteiger partial charge is 0.350 e. The summed E-state index contributed by atoms with van der Waals surface area (Å²) in [6.07, 6.45) is 55.8. The van der Waals surface area contributed by atoms with E-state index in [1.54, 1.807) is 0 Å². The summed E-state index contributed by atoms with van der Waals surface area (Å²) in [6, 6.07) is 0. The van der Waals surface area contributed by atoms with E-state index in [0.29, 0.717) is 6.10 Å². The van der Waals surface area contributed by atoms with Crippen molar-refractivity contribution in [3.8, 4) is 0 Å². The zero-order chi connectivity index (χ0) is 33.8. The van der Waals surface area contributed by atoms with Gasteiger partial charge < -0.3 is 14.8 Å². The predicted octanol–water partition coefficient (Wildman–Crippen LogP) is 13.9. The molecule has 3 heteroatoms. The van der Waals surface area contributed by atoms with Gasteiger partial charge in [0.15, 0.2) is 5.79 Å². The molecule has 0 bridgehead atoms. The number of rotatable bonds is 34. The molecule has 0 amide bonds. The van der Waals surface area contributed by atoms with Crippen molar-refractivity contribution in [3.63, 3.8) is 0 Å². The van der Waals surface area contributed by atoms with Crippen molar-refractivity contribution in [3.05, 3.63) is 48.6 Å². The Morgan fingerprint density at radius 1 is 0.532 bits per heavy atom. The van der Waals surface area contributed by atoms with Gasteiger partial charge in [-0.15, -0.1) is 0 Å². The fourth-order valence-electron chi connectivity index (χ4n) is 6.64. The number of hydrogen-bond acceptors (Lipinski definition) is 3. The van der Waals surface area contributed by atoms with Gasteiger partial charge in [-0.25, -0.2) is 0 Å². The van der Waals surface area contributed by atoms with E-state index in [4.69, 9.17) is 9.47 Å². The Labute approximate surface area is 294 Å². The third-order valence-electron chi connectivity index (χ3n) is 9.66. The van der Waals surface area contributed by atoms with E-state index in [1.807, 2.05) is 7.05 Å². The highest BCUT2D eigenvalue weighted by molar-refractivity contribution is 4.93. The Bertz CT molecular complexity index is 706. The van der Waals surface area contributed by atoms with Crippen LogP contribution in [-0.2, 0) is 9.47 Å². The lowest BCUT2D eigenvalue weighted by atomic mass is 9.96. The molecule has 3 nitrogen and oxygen atoms in total. The molecule has 0 saturated carbocycles. The lowest BCUT2D eigenvalue weighted by molar-refractivity contribution is -0.301. The maximum absolute atomic E-state index is 6.79. The first-order valence-corrected chi connectivity index (χ1v) is 20.8. The van der Waals surface area contributed by atoms with Crippen LogP contribution in [0.2, 0.25) is 0 Å². The standard InChI is InChI=1S/C44H81NO2/c1-4-6-8-10-12-14-16-18-20-22-24-26-28-30-32-34-39-44(46-42-38-43(47-44)37-36-41-45-3)40-35-33-31-29-27-25-23-21-19-17-15-13-11-9-7-5-2/h12-15,18-21,43,45H,4-11,16-17,22-42H2,1-3H3/b14-12-,15-13-,20-18-,21-19-. The molecular formula is C44H81NO2. The van der Waals surface area contributed by atoms with Gasteiger partial charge in [-0.1, -0.05) is 140 Å². The average Bonchev–Trinajstić information content (AvgIpc) is 3.08. The first-order valence-electron chi connectivity index (χ1n) is 20.8. The zero-order valence-corrected chi connectivity index (χ0v) is 31.9. The lowest BCUT2D eigenvalue weighted by Crippen LogP contribution is -2.45. The highest BCUT2D eigenvalue weighted by atomic mass is 16.7. The summed E-state index contributed by atoms with van der Waals surface area (Å²) < 4.78 is 13.3. The van der Waals surface area contributed by atoms with Gasteiger partial charge in [0.05, 0.1) is 12.7 Å². The quantitative estimate of drug-likeness (QED) is 0.0553. The minimum atomic E-state index is -0.326. The summed E-state index contributed by atoms with van der Waals surface area (Å²) in [5.41, 5.74) is 0. The molecule has 1 N–H and O–H groups in total. The Balaban J connectivity index is 2.21. The second-order valence-electron chi connectivity index (χ2n) is 14.2. The number of unbranched alkanes of at least 4 members (excludes halogenated alkanes) is 18. The molecule has 0 aromatic heterocycles. The molecule has 1 saturated heterocycles. The maximum atomic E-state index is 6.79. The van der Waals surface area contributed by atoms with Gasteiger partial charge in [0.2, 0.25) is 0 Å². The fourth-order valence-corrected chi connectivity index (χ4v) is 6.64. The minimum absolute atomic E-state index is 0.326. The molecule has 1 aliphatic rings. The average molecular weight is 656 g/mol.